The number of quaternary nitrogens is 1. The van der Waals surface area contributed by atoms with Gasteiger partial charge in [-0.05, 0) is 5.53 Å². The molecule has 0 aliphatic carbocycles. The quantitative estimate of drug-likeness (QED) is 0.0897. The van der Waals surface area contributed by atoms with Gasteiger partial charge < -0.3 is 9.04 Å². The minimum absolute atomic E-state index is 0.667. The van der Waals surface area contributed by atoms with Gasteiger partial charge in [-0.2, -0.15) is 34.8 Å². The summed E-state index contributed by atoms with van der Waals surface area (Å²) in [5.41, 5.74) is -3.00. The highest BCUT2D eigenvalue weighted by molar-refractivity contribution is 7.86. The zero-order chi connectivity index (χ0) is 23.9. The Morgan fingerprint density at radius 2 is 1.37 bits per heavy atom. The summed E-state index contributed by atoms with van der Waals surface area (Å²) in [6, 6.07) is 0. The van der Waals surface area contributed by atoms with Gasteiger partial charge in [0.15, 0.2) is 10.1 Å². The van der Waals surface area contributed by atoms with Gasteiger partial charge in [0.1, 0.15) is 0 Å². The molecule has 0 atom stereocenters. The van der Waals surface area contributed by atoms with Crippen molar-refractivity contribution in [2.24, 2.45) is 5.11 Å². The Hall–Kier alpha value is -1.37. The van der Waals surface area contributed by atoms with Gasteiger partial charge >= 0.3 is 21.1 Å². The van der Waals surface area contributed by atoms with E-state index in [1.807, 2.05) is 0 Å². The zero-order valence-corrected chi connectivity index (χ0v) is 16.8. The van der Waals surface area contributed by atoms with Crippen LogP contribution < -0.4 is 0 Å². The Kier molecular flexibility index (Phi) is 10.3. The van der Waals surface area contributed by atoms with Crippen molar-refractivity contribution >= 4 is 20.2 Å². The fourth-order valence-corrected chi connectivity index (χ4v) is 2.59. The lowest BCUT2D eigenvalue weighted by atomic mass is 10.1. The average Bonchev–Trinajstić information content (AvgIpc) is 2.58. The molecule has 3 aliphatic rings. The third-order valence-corrected chi connectivity index (χ3v) is 5.35. The first kappa shape index (κ1) is 28.6. The molecule has 3 fully saturated rings. The van der Waals surface area contributed by atoms with Gasteiger partial charge in [0.25, 0.3) is 0 Å². The molecule has 0 spiro atoms. The highest BCUT2D eigenvalue weighted by Gasteiger charge is 2.44. The molecule has 0 radical (unpaired) electrons. The second kappa shape index (κ2) is 10.8. The van der Waals surface area contributed by atoms with Crippen molar-refractivity contribution in [3.63, 3.8) is 0 Å². The number of alkyl halides is 6. The van der Waals surface area contributed by atoms with E-state index in [2.05, 4.69) is 14.9 Å². The summed E-state index contributed by atoms with van der Waals surface area (Å²) in [6.45, 7) is 9.57. The molecule has 0 unspecified atom stereocenters. The summed E-state index contributed by atoms with van der Waals surface area (Å²) in [5.74, 6) is 0. The van der Waals surface area contributed by atoms with Gasteiger partial charge in [-0.25, -0.2) is 8.42 Å². The zero-order valence-electron chi connectivity index (χ0n) is 15.2. The molecule has 30 heavy (non-hydrogen) atoms. The van der Waals surface area contributed by atoms with Crippen LogP contribution in [0.1, 0.15) is 6.42 Å². The molecular formula is C11H19F6N5O6S2. The largest absolute Gasteiger partial charge is 0.741 e. The highest BCUT2D eigenvalue weighted by Crippen LogP contribution is 2.21. The molecule has 19 heteroatoms. The van der Waals surface area contributed by atoms with E-state index in [0.29, 0.717) is 6.54 Å². The molecule has 3 saturated heterocycles. The van der Waals surface area contributed by atoms with Gasteiger partial charge in [-0.1, -0.05) is 5.11 Å². The first-order chi connectivity index (χ1) is 13.3. The molecular weight excluding hydrogens is 476 g/mol. The summed E-state index contributed by atoms with van der Waals surface area (Å²) >= 11 is 0. The normalized spacial score (nSPS) is 23.9. The van der Waals surface area contributed by atoms with Crippen LogP contribution in [-0.4, -0.2) is 98.7 Å². The van der Waals surface area contributed by atoms with Gasteiger partial charge in [-0.15, -0.1) is 0 Å². The summed E-state index contributed by atoms with van der Waals surface area (Å²) in [6.07, 6.45) is 1.05. The van der Waals surface area contributed by atoms with Crippen LogP contribution in [0.5, 0.6) is 0 Å². The molecule has 2 bridgehead atoms. The maximum atomic E-state index is 10.7. The number of piperazine rings is 3. The highest BCUT2D eigenvalue weighted by atomic mass is 32.2. The molecule has 0 saturated carbocycles. The molecule has 3 aliphatic heterocycles. The molecule has 0 aromatic rings. The average molecular weight is 495 g/mol. The molecule has 0 amide bonds. The van der Waals surface area contributed by atoms with Crippen LogP contribution in [0.2, 0.25) is 0 Å². The predicted molar refractivity (Wildman–Crippen MR) is 88.2 cm³/mol. The summed E-state index contributed by atoms with van der Waals surface area (Å²) in [5, 5.41) is 3.59. The van der Waals surface area contributed by atoms with Crippen molar-refractivity contribution in [1.82, 2.24) is 4.90 Å². The van der Waals surface area contributed by atoms with Crippen molar-refractivity contribution in [1.29, 1.82) is 0 Å². The van der Waals surface area contributed by atoms with Crippen molar-refractivity contribution in [3.05, 3.63) is 10.4 Å². The molecule has 178 valence electrons. The Morgan fingerprint density at radius 1 is 1.00 bits per heavy atom. The van der Waals surface area contributed by atoms with Crippen molar-refractivity contribution in [2.75, 3.05) is 52.4 Å². The maximum absolute atomic E-state index is 10.7. The number of azide groups is 1. The number of fused-ring (bicyclic) bond motifs is 3. The topological polar surface area (TPSA) is 164 Å². The third-order valence-electron chi connectivity index (χ3n) is 4.20. The monoisotopic (exact) mass is 495 g/mol. The van der Waals surface area contributed by atoms with Crippen LogP contribution in [0.4, 0.5) is 26.3 Å². The lowest BCUT2D eigenvalue weighted by Gasteiger charge is -2.50. The van der Waals surface area contributed by atoms with E-state index in [1.54, 1.807) is 0 Å². The van der Waals surface area contributed by atoms with Gasteiger partial charge in [-0.3, -0.25) is 9.45 Å². The fourth-order valence-electron chi connectivity index (χ4n) is 2.59. The molecule has 3 heterocycles. The SMILES string of the molecule is O=S(=O)(O)C(F)(F)F.O=S(=O)([O-])C(F)(F)F.[N-]=[N+]=NCCC[N+]12CCN(CC1)CC2. The molecule has 0 aromatic heterocycles. The van der Waals surface area contributed by atoms with Crippen LogP contribution in [0.15, 0.2) is 5.11 Å². The Bertz CT molecular complexity index is 746. The second-order valence-corrected chi connectivity index (χ2v) is 8.99. The second-order valence-electron chi connectivity index (χ2n) is 6.21. The standard InChI is InChI=1S/C9H18N5.2CHF3O3S/c10-12-11-2-1-6-14-7-3-13(4-8-14)5-9-14;2*2-1(3,4)8(5,6)7/h1-9H2;2*(H,5,6,7)/q+1;;/p-1. The molecule has 0 aromatic carbocycles. The van der Waals surface area contributed by atoms with Gasteiger partial charge in [0.05, 0.1) is 26.2 Å². The van der Waals surface area contributed by atoms with Crippen LogP contribution in [0.25, 0.3) is 10.4 Å². The van der Waals surface area contributed by atoms with Gasteiger partial charge in [0.2, 0.25) is 0 Å². The van der Waals surface area contributed by atoms with Crippen LogP contribution in [-0.2, 0) is 20.2 Å². The maximum Gasteiger partial charge on any atom is 0.522 e. The molecule has 3 rings (SSSR count). The smallest absolute Gasteiger partial charge is 0.522 e. The summed E-state index contributed by atoms with van der Waals surface area (Å²) in [4.78, 5) is 5.34. The van der Waals surface area contributed by atoms with E-state index in [0.717, 1.165) is 6.42 Å². The van der Waals surface area contributed by atoms with Crippen molar-refractivity contribution < 1.29 is 56.8 Å². The number of hydrogen-bond acceptors (Lipinski definition) is 7. The van der Waals surface area contributed by atoms with E-state index in [4.69, 9.17) is 31.5 Å². The lowest BCUT2D eigenvalue weighted by Crippen LogP contribution is -2.67. The van der Waals surface area contributed by atoms with Crippen molar-refractivity contribution in [2.45, 2.75) is 17.4 Å². The predicted octanol–water partition coefficient (Wildman–Crippen LogP) is 1.28. The third kappa shape index (κ3) is 10.1. The Labute approximate surface area is 168 Å². The first-order valence-electron chi connectivity index (χ1n) is 7.99. The summed E-state index contributed by atoms with van der Waals surface area (Å²) < 4.78 is 118. The van der Waals surface area contributed by atoms with Gasteiger partial charge in [0, 0.05) is 37.5 Å². The van der Waals surface area contributed by atoms with E-state index >= 15 is 0 Å². The molecule has 1 N–H and O–H groups in total. The summed E-state index contributed by atoms with van der Waals surface area (Å²) in [7, 11) is -11.9. The van der Waals surface area contributed by atoms with E-state index in [-0.39, 0.29) is 0 Å². The Balaban J connectivity index is 0.000000456. The fraction of sp³-hybridized carbons (Fsp3) is 1.00. The van der Waals surface area contributed by atoms with E-state index in [9.17, 15) is 26.3 Å². The van der Waals surface area contributed by atoms with Crippen LogP contribution in [0, 0.1) is 0 Å². The number of nitrogens with zero attached hydrogens (tertiary/aromatic N) is 5. The number of hydrogen-bond donors (Lipinski definition) is 1. The van der Waals surface area contributed by atoms with Crippen molar-refractivity contribution in [3.8, 4) is 0 Å². The minimum atomic E-state index is -6.09. The van der Waals surface area contributed by atoms with Crippen LogP contribution in [0.3, 0.4) is 0 Å². The minimum Gasteiger partial charge on any atom is -0.741 e. The number of rotatable bonds is 4. The lowest BCUT2D eigenvalue weighted by molar-refractivity contribution is -0.941. The van der Waals surface area contributed by atoms with E-state index in [1.165, 1.54) is 50.3 Å². The molecule has 11 nitrogen and oxygen atoms in total. The van der Waals surface area contributed by atoms with E-state index < -0.39 is 31.3 Å². The number of halogens is 6. The van der Waals surface area contributed by atoms with Crippen LogP contribution >= 0.6 is 0 Å². The first-order valence-corrected chi connectivity index (χ1v) is 10.8. The Morgan fingerprint density at radius 3 is 1.63 bits per heavy atom.